The van der Waals surface area contributed by atoms with Gasteiger partial charge in [0.1, 0.15) is 6.10 Å². The third-order valence-electron chi connectivity index (χ3n) is 6.07. The van der Waals surface area contributed by atoms with Crippen LogP contribution in [0.3, 0.4) is 0 Å². The van der Waals surface area contributed by atoms with E-state index in [1.165, 1.54) is 30.4 Å². The van der Waals surface area contributed by atoms with Gasteiger partial charge in [-0.1, -0.05) is 13.0 Å². The summed E-state index contributed by atoms with van der Waals surface area (Å²) in [6.07, 6.45) is 7.64. The van der Waals surface area contributed by atoms with E-state index in [1.54, 1.807) is 11.3 Å². The minimum absolute atomic E-state index is 0.0345. The number of hydrogen-bond donors (Lipinski definition) is 1. The van der Waals surface area contributed by atoms with E-state index in [1.807, 2.05) is 13.1 Å². The first-order valence-electron chi connectivity index (χ1n) is 10.9. The lowest BCUT2D eigenvalue weighted by molar-refractivity contribution is 0.138. The van der Waals surface area contributed by atoms with Gasteiger partial charge in [0.25, 0.3) is 0 Å². The molecule has 2 aliphatic rings. The molecule has 1 aliphatic carbocycles. The van der Waals surface area contributed by atoms with Crippen molar-refractivity contribution in [3.63, 3.8) is 0 Å². The van der Waals surface area contributed by atoms with Crippen molar-refractivity contribution < 1.29 is 9.47 Å². The van der Waals surface area contributed by atoms with Gasteiger partial charge in [-0.2, -0.15) is 4.98 Å². The molecule has 2 fully saturated rings. The number of rotatable bonds is 5. The molecule has 0 radical (unpaired) electrons. The summed E-state index contributed by atoms with van der Waals surface area (Å²) >= 11 is 1.71. The van der Waals surface area contributed by atoms with E-state index in [2.05, 4.69) is 40.4 Å². The highest BCUT2D eigenvalue weighted by molar-refractivity contribution is 7.18. The molecule has 5 rings (SSSR count). The molecule has 0 amide bonds. The lowest BCUT2D eigenvalue weighted by Gasteiger charge is -2.27. The molecule has 1 atom stereocenters. The van der Waals surface area contributed by atoms with Crippen LogP contribution in [0.5, 0.6) is 5.88 Å². The largest absolute Gasteiger partial charge is 0.471 e. The maximum absolute atomic E-state index is 6.29. The minimum atomic E-state index is 0.0345. The van der Waals surface area contributed by atoms with Gasteiger partial charge in [-0.3, -0.25) is 0 Å². The fourth-order valence-electron chi connectivity index (χ4n) is 4.28. The van der Waals surface area contributed by atoms with E-state index < -0.39 is 0 Å². The summed E-state index contributed by atoms with van der Waals surface area (Å²) in [5, 5.41) is 4.60. The van der Waals surface area contributed by atoms with Crippen LogP contribution in [-0.4, -0.2) is 40.3 Å². The average molecular weight is 425 g/mol. The summed E-state index contributed by atoms with van der Waals surface area (Å²) in [4.78, 5) is 14.1. The quantitative estimate of drug-likeness (QED) is 0.606. The standard InChI is InChI=1S/C23H28N4O2S/c1-14-3-6-17(7-4-14)26-23-24-12-19(22(27-23)29-18-9-10-28-13-18)16-5-8-21-20(11-16)25-15(2)30-21/h5,8,11-12,14,17-18H,3-4,6-7,9-10,13H2,1-2H3,(H,24,26,27)/t14?,17?,18-/m1/s1. The van der Waals surface area contributed by atoms with Crippen LogP contribution in [0.2, 0.25) is 0 Å². The molecule has 1 N–H and O–H groups in total. The third-order valence-corrected chi connectivity index (χ3v) is 7.03. The van der Waals surface area contributed by atoms with E-state index in [-0.39, 0.29) is 6.10 Å². The molecule has 1 saturated heterocycles. The van der Waals surface area contributed by atoms with Gasteiger partial charge in [-0.15, -0.1) is 11.3 Å². The van der Waals surface area contributed by atoms with Crippen LogP contribution < -0.4 is 10.1 Å². The molecule has 3 heterocycles. The Morgan fingerprint density at radius 1 is 1.13 bits per heavy atom. The van der Waals surface area contributed by atoms with Gasteiger partial charge in [0.15, 0.2) is 0 Å². The number of benzene rings is 1. The normalized spacial score (nSPS) is 24.3. The molecule has 7 heteroatoms. The molecular formula is C23H28N4O2S. The van der Waals surface area contributed by atoms with Gasteiger partial charge in [-0.25, -0.2) is 9.97 Å². The van der Waals surface area contributed by atoms with Crippen molar-refractivity contribution in [1.82, 2.24) is 15.0 Å². The van der Waals surface area contributed by atoms with Gasteiger partial charge in [0, 0.05) is 18.7 Å². The number of thiazole rings is 1. The molecule has 0 spiro atoms. The number of fused-ring (bicyclic) bond motifs is 1. The first-order valence-corrected chi connectivity index (χ1v) is 11.7. The van der Waals surface area contributed by atoms with Crippen molar-refractivity contribution in [2.24, 2.45) is 5.92 Å². The summed E-state index contributed by atoms with van der Waals surface area (Å²) in [7, 11) is 0. The topological polar surface area (TPSA) is 69.2 Å². The Hall–Kier alpha value is -2.25. The Morgan fingerprint density at radius 2 is 2.00 bits per heavy atom. The highest BCUT2D eigenvalue weighted by Crippen LogP contribution is 2.34. The van der Waals surface area contributed by atoms with Crippen LogP contribution in [-0.2, 0) is 4.74 Å². The van der Waals surface area contributed by atoms with Crippen molar-refractivity contribution in [3.05, 3.63) is 29.4 Å². The zero-order chi connectivity index (χ0) is 20.5. The Balaban J connectivity index is 1.45. The van der Waals surface area contributed by atoms with Crippen LogP contribution in [0, 0.1) is 12.8 Å². The fourth-order valence-corrected chi connectivity index (χ4v) is 5.09. The van der Waals surface area contributed by atoms with Gasteiger partial charge in [0.2, 0.25) is 11.8 Å². The molecule has 1 saturated carbocycles. The number of aromatic nitrogens is 3. The van der Waals surface area contributed by atoms with Gasteiger partial charge in [-0.05, 0) is 56.2 Å². The molecule has 6 nitrogen and oxygen atoms in total. The second-order valence-corrected chi connectivity index (χ2v) is 9.77. The van der Waals surface area contributed by atoms with E-state index in [0.717, 1.165) is 40.6 Å². The number of aryl methyl sites for hydroxylation is 1. The van der Waals surface area contributed by atoms with E-state index in [9.17, 15) is 0 Å². The maximum atomic E-state index is 6.29. The van der Waals surface area contributed by atoms with Crippen LogP contribution in [0.15, 0.2) is 24.4 Å². The van der Waals surface area contributed by atoms with Crippen molar-refractivity contribution in [2.45, 2.75) is 58.1 Å². The fraction of sp³-hybridized carbons (Fsp3) is 0.522. The summed E-state index contributed by atoms with van der Waals surface area (Å²) < 4.78 is 13.0. The summed E-state index contributed by atoms with van der Waals surface area (Å²) in [5.74, 6) is 2.09. The second kappa shape index (κ2) is 8.47. The van der Waals surface area contributed by atoms with E-state index in [0.29, 0.717) is 24.5 Å². The molecule has 2 aromatic heterocycles. The Morgan fingerprint density at radius 3 is 2.80 bits per heavy atom. The highest BCUT2D eigenvalue weighted by atomic mass is 32.1. The number of anilines is 1. The Bertz CT molecular complexity index is 1020. The predicted octanol–water partition coefficient (Wildman–Crippen LogP) is 5.22. The van der Waals surface area contributed by atoms with Gasteiger partial charge >= 0.3 is 0 Å². The zero-order valence-electron chi connectivity index (χ0n) is 17.6. The lowest BCUT2D eigenvalue weighted by Crippen LogP contribution is -2.26. The van der Waals surface area contributed by atoms with Crippen molar-refractivity contribution >= 4 is 27.5 Å². The van der Waals surface area contributed by atoms with Crippen molar-refractivity contribution in [3.8, 4) is 17.0 Å². The number of nitrogens with one attached hydrogen (secondary N) is 1. The first-order chi connectivity index (χ1) is 14.6. The van der Waals surface area contributed by atoms with Crippen molar-refractivity contribution in [2.75, 3.05) is 18.5 Å². The molecule has 158 valence electrons. The number of ether oxygens (including phenoxy) is 2. The van der Waals surface area contributed by atoms with Crippen LogP contribution in [0.4, 0.5) is 5.95 Å². The average Bonchev–Trinajstić information content (AvgIpc) is 3.38. The third kappa shape index (κ3) is 4.27. The zero-order valence-corrected chi connectivity index (χ0v) is 18.4. The second-order valence-electron chi connectivity index (χ2n) is 8.53. The predicted molar refractivity (Wildman–Crippen MR) is 120 cm³/mol. The van der Waals surface area contributed by atoms with Crippen LogP contribution in [0.1, 0.15) is 44.0 Å². The van der Waals surface area contributed by atoms with E-state index >= 15 is 0 Å². The summed E-state index contributed by atoms with van der Waals surface area (Å²) in [6, 6.07) is 6.76. The molecule has 1 aliphatic heterocycles. The minimum Gasteiger partial charge on any atom is -0.471 e. The van der Waals surface area contributed by atoms with Gasteiger partial charge in [0.05, 0.1) is 34.0 Å². The Labute approximate surface area is 181 Å². The maximum Gasteiger partial charge on any atom is 0.226 e. The molecule has 1 aromatic carbocycles. The van der Waals surface area contributed by atoms with Crippen LogP contribution >= 0.6 is 11.3 Å². The molecule has 0 bridgehead atoms. The SMILES string of the molecule is Cc1nc2cc(-c3cnc(NC4CCC(C)CC4)nc3O[C@@H]3CCOC3)ccc2s1. The van der Waals surface area contributed by atoms with Crippen LogP contribution in [0.25, 0.3) is 21.3 Å². The van der Waals surface area contributed by atoms with Gasteiger partial charge < -0.3 is 14.8 Å². The van der Waals surface area contributed by atoms with E-state index in [4.69, 9.17) is 14.5 Å². The summed E-state index contributed by atoms with van der Waals surface area (Å²) in [5.41, 5.74) is 2.93. The lowest BCUT2D eigenvalue weighted by atomic mass is 9.87. The molecule has 30 heavy (non-hydrogen) atoms. The highest BCUT2D eigenvalue weighted by Gasteiger charge is 2.23. The molecule has 0 unspecified atom stereocenters. The molecule has 3 aromatic rings. The Kier molecular flexibility index (Phi) is 5.56. The number of hydrogen-bond acceptors (Lipinski definition) is 7. The monoisotopic (exact) mass is 424 g/mol. The van der Waals surface area contributed by atoms with Crippen molar-refractivity contribution in [1.29, 1.82) is 0 Å². The number of nitrogens with zero attached hydrogens (tertiary/aromatic N) is 3. The first kappa shape index (κ1) is 19.7. The smallest absolute Gasteiger partial charge is 0.226 e. The summed E-state index contributed by atoms with van der Waals surface area (Å²) in [6.45, 7) is 5.71. The molecular weight excluding hydrogens is 396 g/mol.